The third kappa shape index (κ3) is 6.50. The molecule has 0 amide bonds. The minimum absolute atomic E-state index is 0.108. The maximum atomic E-state index is 9.64. The molecule has 114 valence electrons. The first kappa shape index (κ1) is 17.3. The summed E-state index contributed by atoms with van der Waals surface area (Å²) in [4.78, 5) is 0. The summed E-state index contributed by atoms with van der Waals surface area (Å²) < 4.78 is 0. The molecule has 4 atom stereocenters. The second-order valence-corrected chi connectivity index (χ2v) is 8.43. The van der Waals surface area contributed by atoms with Gasteiger partial charge in [-0.15, -0.1) is 0 Å². The van der Waals surface area contributed by atoms with Crippen LogP contribution in [0.5, 0.6) is 0 Å². The fraction of sp³-hybridized carbons (Fsp3) is 1.00. The molecule has 2 N–H and O–H groups in total. The molecule has 0 heterocycles. The molecule has 0 aromatic carbocycles. The SMILES string of the molecule is CCCNC(C)(CO)CC(C)SC1CCCC(C)C1. The maximum Gasteiger partial charge on any atom is 0.0611 e. The highest BCUT2D eigenvalue weighted by Crippen LogP contribution is 2.36. The van der Waals surface area contributed by atoms with Crippen LogP contribution in [0, 0.1) is 5.92 Å². The first-order valence-electron chi connectivity index (χ1n) is 8.00. The van der Waals surface area contributed by atoms with E-state index >= 15 is 0 Å². The van der Waals surface area contributed by atoms with Crippen molar-refractivity contribution < 1.29 is 5.11 Å². The standard InChI is InChI=1S/C16H33NOS/c1-5-9-17-16(4,12-18)11-14(3)19-15-8-6-7-13(2)10-15/h13-15,17-18H,5-12H2,1-4H3. The van der Waals surface area contributed by atoms with Crippen molar-refractivity contribution in [2.75, 3.05) is 13.2 Å². The van der Waals surface area contributed by atoms with E-state index in [9.17, 15) is 5.11 Å². The van der Waals surface area contributed by atoms with Crippen LogP contribution in [0.2, 0.25) is 0 Å². The fourth-order valence-corrected chi connectivity index (χ4v) is 5.00. The summed E-state index contributed by atoms with van der Waals surface area (Å²) in [6, 6.07) is 0. The van der Waals surface area contributed by atoms with Crippen molar-refractivity contribution in [2.24, 2.45) is 5.92 Å². The molecule has 3 heteroatoms. The van der Waals surface area contributed by atoms with Crippen LogP contribution < -0.4 is 5.32 Å². The molecule has 19 heavy (non-hydrogen) atoms. The Balaban J connectivity index is 2.37. The summed E-state index contributed by atoms with van der Waals surface area (Å²) in [6.45, 7) is 10.3. The predicted octanol–water partition coefficient (Wildman–Crippen LogP) is 3.83. The van der Waals surface area contributed by atoms with Crippen molar-refractivity contribution in [2.45, 2.75) is 82.3 Å². The first-order valence-corrected chi connectivity index (χ1v) is 8.94. The van der Waals surface area contributed by atoms with E-state index in [4.69, 9.17) is 0 Å². The zero-order chi connectivity index (χ0) is 14.3. The largest absolute Gasteiger partial charge is 0.394 e. The predicted molar refractivity (Wildman–Crippen MR) is 86.9 cm³/mol. The van der Waals surface area contributed by atoms with Gasteiger partial charge in [-0.1, -0.05) is 33.6 Å². The van der Waals surface area contributed by atoms with Crippen LogP contribution >= 0.6 is 11.8 Å². The monoisotopic (exact) mass is 287 g/mol. The Labute approximate surface area is 124 Å². The zero-order valence-corrected chi connectivity index (χ0v) is 14.1. The third-order valence-electron chi connectivity index (χ3n) is 4.20. The van der Waals surface area contributed by atoms with Crippen molar-refractivity contribution in [3.8, 4) is 0 Å². The van der Waals surface area contributed by atoms with Crippen LogP contribution in [-0.2, 0) is 0 Å². The second kappa shape index (κ2) is 8.53. The highest BCUT2D eigenvalue weighted by Gasteiger charge is 2.28. The number of thioether (sulfide) groups is 1. The Morgan fingerprint density at radius 2 is 2.16 bits per heavy atom. The van der Waals surface area contributed by atoms with Crippen molar-refractivity contribution >= 4 is 11.8 Å². The molecular formula is C16H33NOS. The lowest BCUT2D eigenvalue weighted by Crippen LogP contribution is -2.47. The first-order chi connectivity index (χ1) is 8.99. The van der Waals surface area contributed by atoms with E-state index in [1.54, 1.807) is 0 Å². The van der Waals surface area contributed by atoms with Gasteiger partial charge in [0.15, 0.2) is 0 Å². The molecule has 1 rings (SSSR count). The molecule has 0 bridgehead atoms. The van der Waals surface area contributed by atoms with Gasteiger partial charge in [0, 0.05) is 16.0 Å². The molecular weight excluding hydrogens is 254 g/mol. The average molecular weight is 288 g/mol. The van der Waals surface area contributed by atoms with Gasteiger partial charge in [0.05, 0.1) is 6.61 Å². The molecule has 1 aliphatic rings. The highest BCUT2D eigenvalue weighted by atomic mass is 32.2. The smallest absolute Gasteiger partial charge is 0.0611 e. The van der Waals surface area contributed by atoms with Gasteiger partial charge in [-0.25, -0.2) is 0 Å². The van der Waals surface area contributed by atoms with E-state index < -0.39 is 0 Å². The molecule has 0 spiro atoms. The number of hydrogen-bond acceptors (Lipinski definition) is 3. The van der Waals surface area contributed by atoms with Gasteiger partial charge in [0.25, 0.3) is 0 Å². The highest BCUT2D eigenvalue weighted by molar-refractivity contribution is 8.00. The van der Waals surface area contributed by atoms with Crippen molar-refractivity contribution in [3.63, 3.8) is 0 Å². The molecule has 0 aromatic heterocycles. The Morgan fingerprint density at radius 3 is 2.74 bits per heavy atom. The molecule has 0 saturated heterocycles. The number of nitrogens with one attached hydrogen (secondary N) is 1. The van der Waals surface area contributed by atoms with Crippen LogP contribution in [0.3, 0.4) is 0 Å². The summed E-state index contributed by atoms with van der Waals surface area (Å²) >= 11 is 2.15. The van der Waals surface area contributed by atoms with Gasteiger partial charge < -0.3 is 10.4 Å². The second-order valence-electron chi connectivity index (χ2n) is 6.69. The van der Waals surface area contributed by atoms with E-state index in [1.807, 2.05) is 0 Å². The van der Waals surface area contributed by atoms with E-state index in [0.29, 0.717) is 5.25 Å². The molecule has 1 saturated carbocycles. The fourth-order valence-electron chi connectivity index (χ4n) is 3.13. The normalized spacial score (nSPS) is 28.9. The van der Waals surface area contributed by atoms with Gasteiger partial charge in [-0.2, -0.15) is 11.8 Å². The molecule has 1 fully saturated rings. The summed E-state index contributed by atoms with van der Waals surface area (Å²) in [5.74, 6) is 0.904. The average Bonchev–Trinajstić information content (AvgIpc) is 2.36. The van der Waals surface area contributed by atoms with E-state index in [2.05, 4.69) is 44.8 Å². The van der Waals surface area contributed by atoms with E-state index in [-0.39, 0.29) is 12.1 Å². The van der Waals surface area contributed by atoms with E-state index in [0.717, 1.165) is 30.6 Å². The minimum atomic E-state index is -0.108. The Morgan fingerprint density at radius 1 is 1.42 bits per heavy atom. The molecule has 0 aromatic rings. The minimum Gasteiger partial charge on any atom is -0.394 e. The lowest BCUT2D eigenvalue weighted by atomic mass is 9.90. The van der Waals surface area contributed by atoms with Gasteiger partial charge in [0.2, 0.25) is 0 Å². The van der Waals surface area contributed by atoms with Crippen molar-refractivity contribution in [1.29, 1.82) is 0 Å². The number of rotatable bonds is 8. The van der Waals surface area contributed by atoms with Gasteiger partial charge in [-0.3, -0.25) is 0 Å². The Bertz CT molecular complexity index is 249. The summed E-state index contributed by atoms with van der Waals surface area (Å²) in [5, 5.41) is 14.6. The topological polar surface area (TPSA) is 32.3 Å². The molecule has 4 unspecified atom stereocenters. The summed E-state index contributed by atoms with van der Waals surface area (Å²) in [6.07, 6.45) is 7.76. The summed E-state index contributed by atoms with van der Waals surface area (Å²) in [7, 11) is 0. The van der Waals surface area contributed by atoms with Crippen molar-refractivity contribution in [1.82, 2.24) is 5.32 Å². The van der Waals surface area contributed by atoms with Crippen LogP contribution in [-0.4, -0.2) is 34.3 Å². The zero-order valence-electron chi connectivity index (χ0n) is 13.2. The Hall–Kier alpha value is 0.270. The van der Waals surface area contributed by atoms with Crippen LogP contribution in [0.4, 0.5) is 0 Å². The molecule has 1 aliphatic carbocycles. The number of hydrogen-bond donors (Lipinski definition) is 2. The van der Waals surface area contributed by atoms with Gasteiger partial charge in [-0.05, 0) is 45.1 Å². The van der Waals surface area contributed by atoms with Crippen molar-refractivity contribution in [3.05, 3.63) is 0 Å². The third-order valence-corrected chi connectivity index (χ3v) is 5.65. The van der Waals surface area contributed by atoms with E-state index in [1.165, 1.54) is 25.7 Å². The number of aliphatic hydroxyl groups is 1. The van der Waals surface area contributed by atoms with Crippen LogP contribution in [0.1, 0.15) is 66.2 Å². The van der Waals surface area contributed by atoms with Gasteiger partial charge >= 0.3 is 0 Å². The Kier molecular flexibility index (Phi) is 7.78. The summed E-state index contributed by atoms with van der Waals surface area (Å²) in [5.41, 5.74) is -0.108. The quantitative estimate of drug-likeness (QED) is 0.711. The molecule has 0 radical (unpaired) electrons. The van der Waals surface area contributed by atoms with Gasteiger partial charge in [0.1, 0.15) is 0 Å². The maximum absolute atomic E-state index is 9.64. The molecule has 0 aliphatic heterocycles. The van der Waals surface area contributed by atoms with Crippen LogP contribution in [0.15, 0.2) is 0 Å². The number of aliphatic hydroxyl groups excluding tert-OH is 1. The lowest BCUT2D eigenvalue weighted by Gasteiger charge is -2.34. The lowest BCUT2D eigenvalue weighted by molar-refractivity contribution is 0.166. The van der Waals surface area contributed by atoms with Crippen LogP contribution in [0.25, 0.3) is 0 Å². The molecule has 2 nitrogen and oxygen atoms in total.